The molecule has 5 aliphatic rings. The van der Waals surface area contributed by atoms with Gasteiger partial charge in [0.2, 0.25) is 5.79 Å². The van der Waals surface area contributed by atoms with Crippen molar-refractivity contribution in [2.75, 3.05) is 7.11 Å². The highest BCUT2D eigenvalue weighted by Gasteiger charge is 2.87. The number of ether oxygens (including phenoxy) is 3. The van der Waals surface area contributed by atoms with Gasteiger partial charge in [-0.05, 0) is 50.4 Å². The van der Waals surface area contributed by atoms with E-state index in [2.05, 4.69) is 0 Å². The molecule has 0 amide bonds. The van der Waals surface area contributed by atoms with E-state index in [1.54, 1.807) is 0 Å². The zero-order valence-corrected chi connectivity index (χ0v) is 14.5. The summed E-state index contributed by atoms with van der Waals surface area (Å²) >= 11 is 0. The van der Waals surface area contributed by atoms with E-state index < -0.39 is 5.79 Å². The van der Waals surface area contributed by atoms with Gasteiger partial charge in [-0.1, -0.05) is 12.8 Å². The minimum atomic E-state index is -0.795. The lowest BCUT2D eigenvalue weighted by molar-refractivity contribution is -0.391. The van der Waals surface area contributed by atoms with Crippen molar-refractivity contribution in [2.45, 2.75) is 82.7 Å². The fourth-order valence-corrected chi connectivity index (χ4v) is 7.64. The molecule has 1 saturated heterocycles. The number of methoxy groups -OCH3 is 1. The molecule has 0 bridgehead atoms. The zero-order valence-electron chi connectivity index (χ0n) is 14.5. The summed E-state index contributed by atoms with van der Waals surface area (Å²) < 4.78 is 18.4. The van der Waals surface area contributed by atoms with Gasteiger partial charge < -0.3 is 14.2 Å². The average molecular weight is 320 g/mol. The van der Waals surface area contributed by atoms with Gasteiger partial charge in [-0.2, -0.15) is 0 Å². The van der Waals surface area contributed by atoms with Crippen molar-refractivity contribution in [3.8, 4) is 0 Å². The van der Waals surface area contributed by atoms with Gasteiger partial charge in [-0.3, -0.25) is 4.79 Å². The van der Waals surface area contributed by atoms with Crippen LogP contribution < -0.4 is 0 Å². The van der Waals surface area contributed by atoms with Crippen molar-refractivity contribution < 1.29 is 19.0 Å². The summed E-state index contributed by atoms with van der Waals surface area (Å²) in [6.45, 7) is 3.83. The quantitative estimate of drug-likeness (QED) is 0.694. The van der Waals surface area contributed by atoms with Gasteiger partial charge in [0.25, 0.3) is 0 Å². The van der Waals surface area contributed by atoms with Crippen molar-refractivity contribution in [3.63, 3.8) is 0 Å². The van der Waals surface area contributed by atoms with Crippen LogP contribution in [0.2, 0.25) is 0 Å². The molecule has 0 aromatic rings. The second kappa shape index (κ2) is 4.13. The van der Waals surface area contributed by atoms with Crippen LogP contribution in [0.15, 0.2) is 0 Å². The van der Waals surface area contributed by atoms with Crippen molar-refractivity contribution in [1.82, 2.24) is 0 Å². The van der Waals surface area contributed by atoms with Crippen LogP contribution in [-0.4, -0.2) is 30.6 Å². The number of rotatable bonds is 1. The summed E-state index contributed by atoms with van der Waals surface area (Å²) in [7, 11) is 1.83. The molecule has 0 aromatic carbocycles. The molecule has 0 N–H and O–H groups in total. The molecule has 4 nitrogen and oxygen atoms in total. The Morgan fingerprint density at radius 3 is 2.74 bits per heavy atom. The number of hydrogen-bond acceptors (Lipinski definition) is 4. The number of cyclic esters (lactones) is 1. The lowest BCUT2D eigenvalue weighted by Gasteiger charge is -2.68. The van der Waals surface area contributed by atoms with Crippen LogP contribution in [0, 0.1) is 22.7 Å². The molecule has 1 heterocycles. The average Bonchev–Trinajstić information content (AvgIpc) is 2.88. The Hall–Kier alpha value is -0.610. The Morgan fingerprint density at radius 1 is 1.13 bits per heavy atom. The lowest BCUT2D eigenvalue weighted by Crippen LogP contribution is -2.76. The normalized spacial score (nSPS) is 56.0. The summed E-state index contributed by atoms with van der Waals surface area (Å²) in [6.07, 6.45) is 9.37. The number of carbonyl (C=O) groups is 1. The van der Waals surface area contributed by atoms with Crippen LogP contribution >= 0.6 is 0 Å². The molecule has 2 spiro atoms. The lowest BCUT2D eigenvalue weighted by atomic mass is 9.45. The van der Waals surface area contributed by atoms with Gasteiger partial charge in [-0.25, -0.2) is 0 Å². The predicted molar refractivity (Wildman–Crippen MR) is 83.6 cm³/mol. The molecule has 0 unspecified atom stereocenters. The molecule has 6 atom stereocenters. The predicted octanol–water partition coefficient (Wildman–Crippen LogP) is 3.43. The molecule has 4 aliphatic carbocycles. The highest BCUT2D eigenvalue weighted by molar-refractivity contribution is 5.83. The summed E-state index contributed by atoms with van der Waals surface area (Å²) in [6, 6.07) is 0. The highest BCUT2D eigenvalue weighted by atomic mass is 16.7. The van der Waals surface area contributed by atoms with E-state index in [0.717, 1.165) is 25.7 Å². The second-order valence-corrected chi connectivity index (χ2v) is 9.14. The van der Waals surface area contributed by atoms with E-state index in [9.17, 15) is 4.79 Å². The molecule has 1 aliphatic heterocycles. The Balaban J connectivity index is 1.72. The van der Waals surface area contributed by atoms with E-state index in [-0.39, 0.29) is 28.5 Å². The third-order valence-corrected chi connectivity index (χ3v) is 8.09. The van der Waals surface area contributed by atoms with Crippen LogP contribution in [0.4, 0.5) is 0 Å². The maximum Gasteiger partial charge on any atom is 0.317 e. The third kappa shape index (κ3) is 1.38. The van der Waals surface area contributed by atoms with Gasteiger partial charge in [0.1, 0.15) is 0 Å². The zero-order chi connectivity index (χ0) is 16.1. The van der Waals surface area contributed by atoms with E-state index >= 15 is 0 Å². The summed E-state index contributed by atoms with van der Waals surface area (Å²) in [4.78, 5) is 13.1. The first kappa shape index (κ1) is 14.7. The molecule has 0 aromatic heterocycles. The van der Waals surface area contributed by atoms with E-state index in [1.165, 1.54) is 25.7 Å². The van der Waals surface area contributed by atoms with Gasteiger partial charge in [-0.15, -0.1) is 0 Å². The molecule has 5 rings (SSSR count). The van der Waals surface area contributed by atoms with Crippen molar-refractivity contribution in [1.29, 1.82) is 0 Å². The van der Waals surface area contributed by atoms with Crippen molar-refractivity contribution in [3.05, 3.63) is 0 Å². The summed E-state index contributed by atoms with van der Waals surface area (Å²) in [5.74, 6) is 0.196. The molecule has 4 saturated carbocycles. The van der Waals surface area contributed by atoms with Crippen molar-refractivity contribution in [2.24, 2.45) is 22.7 Å². The first-order chi connectivity index (χ1) is 10.9. The first-order valence-corrected chi connectivity index (χ1v) is 9.37. The largest absolute Gasteiger partial charge is 0.433 e. The standard InChI is InChI=1S/C19H28O4/c1-16(2)22-15(20)18-10-12-6-4-5-8-17(19(12,18)23-16)9-7-14(21-3)13(17)11-18/h12-14H,4-11H2,1-3H3/t12-,13-,14-,17+,18+,19+/m1/s1. The molecular formula is C19H28O4. The van der Waals surface area contributed by atoms with E-state index in [1.807, 2.05) is 21.0 Å². The molecule has 0 radical (unpaired) electrons. The maximum atomic E-state index is 13.1. The second-order valence-electron chi connectivity index (χ2n) is 9.14. The van der Waals surface area contributed by atoms with Gasteiger partial charge >= 0.3 is 5.97 Å². The van der Waals surface area contributed by atoms with Crippen LogP contribution in [-0.2, 0) is 19.0 Å². The van der Waals surface area contributed by atoms with E-state index in [4.69, 9.17) is 14.2 Å². The Morgan fingerprint density at radius 2 is 1.96 bits per heavy atom. The third-order valence-electron chi connectivity index (χ3n) is 8.09. The maximum absolute atomic E-state index is 13.1. The number of esters is 1. The smallest absolute Gasteiger partial charge is 0.317 e. The number of carbonyl (C=O) groups excluding carboxylic acids is 1. The Bertz CT molecular complexity index is 572. The Labute approximate surface area is 138 Å². The minimum absolute atomic E-state index is 0.00975. The summed E-state index contributed by atoms with van der Waals surface area (Å²) in [5, 5.41) is 0. The van der Waals surface area contributed by atoms with Gasteiger partial charge in [0, 0.05) is 26.4 Å². The van der Waals surface area contributed by atoms with Crippen LogP contribution in [0.5, 0.6) is 0 Å². The number of hydrogen-bond donors (Lipinski definition) is 0. The molecule has 23 heavy (non-hydrogen) atoms. The topological polar surface area (TPSA) is 44.8 Å². The van der Waals surface area contributed by atoms with Crippen molar-refractivity contribution >= 4 is 5.97 Å². The van der Waals surface area contributed by atoms with Crippen LogP contribution in [0.25, 0.3) is 0 Å². The molecule has 4 heteroatoms. The van der Waals surface area contributed by atoms with Gasteiger partial charge in [0.05, 0.1) is 17.1 Å². The van der Waals surface area contributed by atoms with E-state index in [0.29, 0.717) is 11.8 Å². The Kier molecular flexibility index (Phi) is 2.64. The monoisotopic (exact) mass is 320 g/mol. The molecular weight excluding hydrogens is 292 g/mol. The molecule has 128 valence electrons. The first-order valence-electron chi connectivity index (χ1n) is 9.37. The minimum Gasteiger partial charge on any atom is -0.433 e. The SMILES string of the molecule is CO[C@@H]1CC[C@@]23CCCC[C@@H]4C[C@]5(C[C@H]12)C(=O)OC(C)(C)O[C@]453. The van der Waals surface area contributed by atoms with Crippen LogP contribution in [0.1, 0.15) is 65.2 Å². The fraction of sp³-hybridized carbons (Fsp3) is 0.947. The van der Waals surface area contributed by atoms with Gasteiger partial charge in [0.15, 0.2) is 0 Å². The highest BCUT2D eigenvalue weighted by Crippen LogP contribution is 2.82. The summed E-state index contributed by atoms with van der Waals surface area (Å²) in [5.41, 5.74) is -0.545. The molecule has 5 fully saturated rings. The van der Waals surface area contributed by atoms with Crippen LogP contribution in [0.3, 0.4) is 0 Å². The fourth-order valence-electron chi connectivity index (χ4n) is 7.64.